The van der Waals surface area contributed by atoms with Gasteiger partial charge in [0.15, 0.2) is 0 Å². The molecule has 0 aliphatic carbocycles. The fourth-order valence-electron chi connectivity index (χ4n) is 1.79. The fourth-order valence-corrected chi connectivity index (χ4v) is 1.79. The highest BCUT2D eigenvalue weighted by Crippen LogP contribution is 2.08. The van der Waals surface area contributed by atoms with E-state index in [1.807, 2.05) is 13.8 Å². The van der Waals surface area contributed by atoms with Gasteiger partial charge < -0.3 is 15.7 Å². The van der Waals surface area contributed by atoms with Crippen LogP contribution in [0.5, 0.6) is 0 Å². The molecule has 0 radical (unpaired) electrons. The average molecular weight is 200 g/mol. The van der Waals surface area contributed by atoms with E-state index in [0.717, 1.165) is 25.9 Å². The quantitative estimate of drug-likeness (QED) is 0.616. The molecule has 0 spiro atoms. The van der Waals surface area contributed by atoms with Crippen molar-refractivity contribution in [1.82, 2.24) is 10.6 Å². The summed E-state index contributed by atoms with van der Waals surface area (Å²) in [5.74, 6) is -0.596. The molecule has 0 amide bonds. The Hall–Kier alpha value is -0.610. The van der Waals surface area contributed by atoms with Gasteiger partial charge in [-0.1, -0.05) is 13.8 Å². The van der Waals surface area contributed by atoms with Crippen LogP contribution in [-0.4, -0.2) is 36.2 Å². The van der Waals surface area contributed by atoms with Gasteiger partial charge in [0.1, 0.15) is 6.04 Å². The molecule has 0 aromatic heterocycles. The minimum Gasteiger partial charge on any atom is -0.480 e. The molecule has 1 saturated heterocycles. The van der Waals surface area contributed by atoms with Gasteiger partial charge in [0.25, 0.3) is 0 Å². The van der Waals surface area contributed by atoms with Gasteiger partial charge in [-0.15, -0.1) is 0 Å². The third-order valence-corrected chi connectivity index (χ3v) is 2.69. The maximum atomic E-state index is 10.9. The normalized spacial score (nSPS) is 21.1. The number of rotatable bonds is 4. The van der Waals surface area contributed by atoms with Crippen molar-refractivity contribution in [2.24, 2.45) is 5.92 Å². The number of carbonyl (C=O) groups is 1. The second-order valence-electron chi connectivity index (χ2n) is 4.25. The van der Waals surface area contributed by atoms with Crippen LogP contribution in [0.15, 0.2) is 0 Å². The third kappa shape index (κ3) is 3.27. The Kier molecular flexibility index (Phi) is 4.35. The number of nitrogens with one attached hydrogen (secondary N) is 2. The molecule has 0 saturated carbocycles. The smallest absolute Gasteiger partial charge is 0.320 e. The highest BCUT2D eigenvalue weighted by atomic mass is 16.4. The van der Waals surface area contributed by atoms with Gasteiger partial charge in [-0.05, 0) is 31.8 Å². The minimum absolute atomic E-state index is 0.141. The Morgan fingerprint density at radius 3 is 2.43 bits per heavy atom. The van der Waals surface area contributed by atoms with Crippen molar-refractivity contribution in [2.75, 3.05) is 13.1 Å². The van der Waals surface area contributed by atoms with E-state index in [2.05, 4.69) is 10.6 Å². The van der Waals surface area contributed by atoms with Crippen LogP contribution in [-0.2, 0) is 4.79 Å². The first-order valence-electron chi connectivity index (χ1n) is 5.31. The van der Waals surface area contributed by atoms with Gasteiger partial charge in [-0.2, -0.15) is 0 Å². The lowest BCUT2D eigenvalue weighted by Gasteiger charge is -2.28. The summed E-state index contributed by atoms with van der Waals surface area (Å²) in [6, 6.07) is -0.0437. The van der Waals surface area contributed by atoms with Gasteiger partial charge in [0.05, 0.1) is 0 Å². The second-order valence-corrected chi connectivity index (χ2v) is 4.25. The summed E-state index contributed by atoms with van der Waals surface area (Å²) < 4.78 is 0. The van der Waals surface area contributed by atoms with Crippen LogP contribution in [0.25, 0.3) is 0 Å². The Balaban J connectivity index is 2.41. The first kappa shape index (κ1) is 11.5. The molecule has 1 aliphatic heterocycles. The highest BCUT2D eigenvalue weighted by Gasteiger charge is 2.25. The number of aliphatic carboxylic acids is 1. The first-order valence-corrected chi connectivity index (χ1v) is 5.31. The summed E-state index contributed by atoms with van der Waals surface area (Å²) in [6.45, 7) is 5.85. The minimum atomic E-state index is -0.737. The van der Waals surface area contributed by atoms with Gasteiger partial charge in [0, 0.05) is 6.04 Å². The molecular formula is C10H20N2O2. The van der Waals surface area contributed by atoms with E-state index >= 15 is 0 Å². The lowest BCUT2D eigenvalue weighted by atomic mass is 10.00. The standard InChI is InChI=1S/C10H20N2O2/c1-7(2)9(10(13)14)12-8-3-5-11-6-4-8/h7-9,11-12H,3-6H2,1-2H3,(H,13,14). The first-order chi connectivity index (χ1) is 6.61. The van der Waals surface area contributed by atoms with Crippen LogP contribution in [0.1, 0.15) is 26.7 Å². The summed E-state index contributed by atoms with van der Waals surface area (Å²) in [5, 5.41) is 15.5. The molecular weight excluding hydrogens is 180 g/mol. The van der Waals surface area contributed by atoms with Gasteiger partial charge in [0.2, 0.25) is 0 Å². The lowest BCUT2D eigenvalue weighted by molar-refractivity contribution is -0.141. The molecule has 1 rings (SSSR count). The SMILES string of the molecule is CC(C)C(NC1CCNCC1)C(=O)O. The molecule has 0 bridgehead atoms. The number of hydrogen-bond acceptors (Lipinski definition) is 3. The van der Waals surface area contributed by atoms with Crippen LogP contribution < -0.4 is 10.6 Å². The average Bonchev–Trinajstić information content (AvgIpc) is 2.15. The van der Waals surface area contributed by atoms with Gasteiger partial charge in [-0.25, -0.2) is 0 Å². The summed E-state index contributed by atoms with van der Waals surface area (Å²) in [7, 11) is 0. The number of piperidine rings is 1. The highest BCUT2D eigenvalue weighted by molar-refractivity contribution is 5.73. The van der Waals surface area contributed by atoms with Gasteiger partial charge >= 0.3 is 5.97 Å². The van der Waals surface area contributed by atoms with Crippen molar-refractivity contribution in [3.63, 3.8) is 0 Å². The van der Waals surface area contributed by atoms with Crippen LogP contribution in [0.4, 0.5) is 0 Å². The van der Waals surface area contributed by atoms with E-state index in [0.29, 0.717) is 6.04 Å². The zero-order chi connectivity index (χ0) is 10.6. The third-order valence-electron chi connectivity index (χ3n) is 2.69. The topological polar surface area (TPSA) is 61.4 Å². The Morgan fingerprint density at radius 2 is 2.00 bits per heavy atom. The summed E-state index contributed by atoms with van der Waals surface area (Å²) in [5.41, 5.74) is 0. The molecule has 1 heterocycles. The zero-order valence-electron chi connectivity index (χ0n) is 8.92. The zero-order valence-corrected chi connectivity index (χ0v) is 8.92. The molecule has 14 heavy (non-hydrogen) atoms. The van der Waals surface area contributed by atoms with Crippen molar-refractivity contribution >= 4 is 5.97 Å². The molecule has 4 nitrogen and oxygen atoms in total. The summed E-state index contributed by atoms with van der Waals surface area (Å²) >= 11 is 0. The van der Waals surface area contributed by atoms with Crippen LogP contribution in [0.3, 0.4) is 0 Å². The van der Waals surface area contributed by atoms with Crippen LogP contribution in [0, 0.1) is 5.92 Å². The van der Waals surface area contributed by atoms with E-state index < -0.39 is 12.0 Å². The summed E-state index contributed by atoms with van der Waals surface area (Å²) in [6.07, 6.45) is 2.05. The van der Waals surface area contributed by atoms with E-state index in [9.17, 15) is 4.79 Å². The van der Waals surface area contributed by atoms with Crippen molar-refractivity contribution in [3.05, 3.63) is 0 Å². The molecule has 1 unspecified atom stereocenters. The maximum absolute atomic E-state index is 10.9. The second kappa shape index (κ2) is 5.32. The van der Waals surface area contributed by atoms with Crippen molar-refractivity contribution in [1.29, 1.82) is 0 Å². The Labute approximate surface area is 85.1 Å². The van der Waals surface area contributed by atoms with Crippen molar-refractivity contribution in [3.8, 4) is 0 Å². The van der Waals surface area contributed by atoms with Crippen LogP contribution >= 0.6 is 0 Å². The molecule has 4 heteroatoms. The van der Waals surface area contributed by atoms with E-state index in [-0.39, 0.29) is 5.92 Å². The molecule has 1 fully saturated rings. The predicted octanol–water partition coefficient (Wildman–Crippen LogP) is 0.437. The number of carboxylic acids is 1. The largest absolute Gasteiger partial charge is 0.480 e. The molecule has 1 aliphatic rings. The van der Waals surface area contributed by atoms with Crippen LogP contribution in [0.2, 0.25) is 0 Å². The molecule has 1 atom stereocenters. The Morgan fingerprint density at radius 1 is 1.43 bits per heavy atom. The Bertz CT molecular complexity index is 189. The lowest BCUT2D eigenvalue weighted by Crippen LogP contribution is -2.49. The van der Waals surface area contributed by atoms with E-state index in [1.165, 1.54) is 0 Å². The molecule has 82 valence electrons. The number of hydrogen-bond donors (Lipinski definition) is 3. The monoisotopic (exact) mass is 200 g/mol. The fraction of sp³-hybridized carbons (Fsp3) is 0.900. The van der Waals surface area contributed by atoms with Crippen molar-refractivity contribution < 1.29 is 9.90 Å². The van der Waals surface area contributed by atoms with Gasteiger partial charge in [-0.3, -0.25) is 4.79 Å². The maximum Gasteiger partial charge on any atom is 0.320 e. The molecule has 0 aromatic rings. The van der Waals surface area contributed by atoms with Crippen molar-refractivity contribution in [2.45, 2.75) is 38.8 Å². The summed E-state index contributed by atoms with van der Waals surface area (Å²) in [4.78, 5) is 10.9. The molecule has 0 aromatic carbocycles. The molecule has 3 N–H and O–H groups in total. The van der Waals surface area contributed by atoms with E-state index in [4.69, 9.17) is 5.11 Å². The predicted molar refractivity (Wildman–Crippen MR) is 55.3 cm³/mol. The van der Waals surface area contributed by atoms with E-state index in [1.54, 1.807) is 0 Å². The number of carboxylic acid groups (broad SMARTS) is 1.